The number of aromatic nitrogens is 1. The molecule has 0 saturated carbocycles. The highest BCUT2D eigenvalue weighted by molar-refractivity contribution is 5.93. The first-order valence-corrected chi connectivity index (χ1v) is 7.47. The fraction of sp³-hybridized carbons (Fsp3) is 0.111. The van der Waals surface area contributed by atoms with E-state index in [1.165, 1.54) is 54.6 Å². The molecule has 1 heterocycles. The lowest BCUT2D eigenvalue weighted by molar-refractivity contribution is 0.0907. The molecule has 0 fully saturated rings. The van der Waals surface area contributed by atoms with Gasteiger partial charge in [-0.25, -0.2) is 8.78 Å². The van der Waals surface area contributed by atoms with Gasteiger partial charge in [0.25, 0.3) is 5.91 Å². The van der Waals surface area contributed by atoms with E-state index in [1.807, 2.05) is 0 Å². The Morgan fingerprint density at radius 2 is 1.68 bits per heavy atom. The second kappa shape index (κ2) is 7.23. The van der Waals surface area contributed by atoms with Crippen molar-refractivity contribution in [1.29, 1.82) is 0 Å². The summed E-state index contributed by atoms with van der Waals surface area (Å²) in [6.07, 6.45) is -0.979. The van der Waals surface area contributed by atoms with Gasteiger partial charge in [-0.3, -0.25) is 4.79 Å². The van der Waals surface area contributed by atoms with Crippen LogP contribution >= 0.6 is 0 Å². The summed E-state index contributed by atoms with van der Waals surface area (Å²) in [7, 11) is 0. The van der Waals surface area contributed by atoms with Crippen molar-refractivity contribution >= 4 is 5.91 Å². The summed E-state index contributed by atoms with van der Waals surface area (Å²) in [6, 6.07) is 12.3. The van der Waals surface area contributed by atoms with Crippen LogP contribution in [-0.2, 0) is 0 Å². The zero-order chi connectivity index (χ0) is 17.8. The molecule has 0 aliphatic rings. The van der Waals surface area contributed by atoms with Crippen LogP contribution in [0.4, 0.5) is 8.78 Å². The predicted molar refractivity (Wildman–Crippen MR) is 85.6 cm³/mol. The molecular formula is C18H14F2N2O3. The lowest BCUT2D eigenvalue weighted by Gasteiger charge is -2.11. The van der Waals surface area contributed by atoms with Gasteiger partial charge in [0.1, 0.15) is 11.6 Å². The molecule has 128 valence electrons. The quantitative estimate of drug-likeness (QED) is 0.746. The van der Waals surface area contributed by atoms with Crippen molar-refractivity contribution < 1.29 is 23.2 Å². The molecule has 0 spiro atoms. The average molecular weight is 344 g/mol. The fourth-order valence-corrected chi connectivity index (χ4v) is 2.22. The number of aliphatic hydroxyl groups is 1. The molecule has 1 atom stereocenters. The van der Waals surface area contributed by atoms with Gasteiger partial charge < -0.3 is 14.9 Å². The lowest BCUT2D eigenvalue weighted by Crippen LogP contribution is -2.28. The van der Waals surface area contributed by atoms with Gasteiger partial charge in [-0.05, 0) is 42.0 Å². The Kier molecular flexibility index (Phi) is 4.85. The van der Waals surface area contributed by atoms with Crippen molar-refractivity contribution in [2.75, 3.05) is 6.54 Å². The highest BCUT2D eigenvalue weighted by atomic mass is 19.1. The van der Waals surface area contributed by atoms with Crippen molar-refractivity contribution in [3.8, 4) is 11.3 Å². The van der Waals surface area contributed by atoms with E-state index in [-0.39, 0.29) is 18.1 Å². The van der Waals surface area contributed by atoms with Gasteiger partial charge in [0.2, 0.25) is 0 Å². The molecule has 1 amide bonds. The number of hydrogen-bond acceptors (Lipinski definition) is 4. The summed E-state index contributed by atoms with van der Waals surface area (Å²) >= 11 is 0. The summed E-state index contributed by atoms with van der Waals surface area (Å²) in [5.74, 6) is -0.991. The first-order valence-electron chi connectivity index (χ1n) is 7.47. The predicted octanol–water partition coefficient (Wildman–Crippen LogP) is 3.08. The number of carbonyl (C=O) groups is 1. The maximum Gasteiger partial charge on any atom is 0.273 e. The molecule has 0 aliphatic carbocycles. The normalized spacial score (nSPS) is 12.0. The van der Waals surface area contributed by atoms with Crippen LogP contribution in [0.5, 0.6) is 0 Å². The Morgan fingerprint density at radius 3 is 2.32 bits per heavy atom. The van der Waals surface area contributed by atoms with Crippen LogP contribution in [0.15, 0.2) is 59.1 Å². The number of carbonyl (C=O) groups excluding carboxylic acids is 1. The fourth-order valence-electron chi connectivity index (χ4n) is 2.22. The van der Waals surface area contributed by atoms with E-state index in [0.29, 0.717) is 16.9 Å². The maximum absolute atomic E-state index is 12.9. The topological polar surface area (TPSA) is 75.4 Å². The van der Waals surface area contributed by atoms with E-state index in [4.69, 9.17) is 4.52 Å². The Balaban J connectivity index is 1.62. The summed E-state index contributed by atoms with van der Waals surface area (Å²) in [4.78, 5) is 12.1. The van der Waals surface area contributed by atoms with E-state index in [0.717, 1.165) is 0 Å². The molecule has 5 nitrogen and oxygen atoms in total. The van der Waals surface area contributed by atoms with E-state index in [9.17, 15) is 18.7 Å². The van der Waals surface area contributed by atoms with Crippen molar-refractivity contribution in [3.05, 3.63) is 77.5 Å². The second-order valence-electron chi connectivity index (χ2n) is 5.36. The molecule has 1 aromatic heterocycles. The molecule has 3 aromatic rings. The van der Waals surface area contributed by atoms with Gasteiger partial charge >= 0.3 is 0 Å². The molecular weight excluding hydrogens is 330 g/mol. The van der Waals surface area contributed by atoms with Crippen LogP contribution in [0.1, 0.15) is 22.2 Å². The third-order valence-electron chi connectivity index (χ3n) is 3.58. The van der Waals surface area contributed by atoms with Gasteiger partial charge in [-0.2, -0.15) is 0 Å². The second-order valence-corrected chi connectivity index (χ2v) is 5.36. The molecule has 0 radical (unpaired) electrons. The smallest absolute Gasteiger partial charge is 0.273 e. The lowest BCUT2D eigenvalue weighted by atomic mass is 10.1. The van der Waals surface area contributed by atoms with Crippen LogP contribution in [-0.4, -0.2) is 22.7 Å². The summed E-state index contributed by atoms with van der Waals surface area (Å²) in [5.41, 5.74) is 1.10. The Hall–Kier alpha value is -3.06. The van der Waals surface area contributed by atoms with E-state index >= 15 is 0 Å². The first kappa shape index (κ1) is 16.8. The van der Waals surface area contributed by atoms with Gasteiger partial charge in [0.05, 0.1) is 6.10 Å². The minimum Gasteiger partial charge on any atom is -0.387 e. The highest BCUT2D eigenvalue weighted by Crippen LogP contribution is 2.20. The molecule has 0 aliphatic heterocycles. The largest absolute Gasteiger partial charge is 0.387 e. The van der Waals surface area contributed by atoms with Gasteiger partial charge in [0, 0.05) is 18.2 Å². The molecule has 2 N–H and O–H groups in total. The molecule has 3 rings (SSSR count). The number of nitrogens with one attached hydrogen (secondary N) is 1. The maximum atomic E-state index is 12.9. The van der Waals surface area contributed by atoms with Crippen LogP contribution in [0.25, 0.3) is 11.3 Å². The van der Waals surface area contributed by atoms with Gasteiger partial charge in [-0.1, -0.05) is 17.3 Å². The standard InChI is InChI=1S/C18H14F2N2O3/c19-13-5-1-11(2-6-13)16(23)10-21-18(24)15-9-17(25-22-15)12-3-7-14(20)8-4-12/h1-9,16,23H,10H2,(H,21,24). The molecule has 25 heavy (non-hydrogen) atoms. The molecule has 0 saturated heterocycles. The van der Waals surface area contributed by atoms with Crippen LogP contribution in [0.3, 0.4) is 0 Å². The number of aliphatic hydroxyl groups excluding tert-OH is 1. The third kappa shape index (κ3) is 4.07. The van der Waals surface area contributed by atoms with Crippen molar-refractivity contribution in [3.63, 3.8) is 0 Å². The zero-order valence-electron chi connectivity index (χ0n) is 12.9. The highest BCUT2D eigenvalue weighted by Gasteiger charge is 2.15. The Morgan fingerprint density at radius 1 is 1.08 bits per heavy atom. The number of halogens is 2. The number of amides is 1. The van der Waals surface area contributed by atoms with Crippen molar-refractivity contribution in [1.82, 2.24) is 10.5 Å². The zero-order valence-corrected chi connectivity index (χ0v) is 12.9. The van der Waals surface area contributed by atoms with E-state index in [1.54, 1.807) is 0 Å². The number of benzene rings is 2. The van der Waals surface area contributed by atoms with Gasteiger partial charge in [0.15, 0.2) is 11.5 Å². The van der Waals surface area contributed by atoms with Crippen LogP contribution < -0.4 is 5.32 Å². The molecule has 7 heteroatoms. The monoisotopic (exact) mass is 344 g/mol. The first-order chi connectivity index (χ1) is 12.0. The van der Waals surface area contributed by atoms with Crippen LogP contribution in [0.2, 0.25) is 0 Å². The minimum atomic E-state index is -0.979. The van der Waals surface area contributed by atoms with Gasteiger partial charge in [-0.15, -0.1) is 0 Å². The average Bonchev–Trinajstić information content (AvgIpc) is 3.11. The van der Waals surface area contributed by atoms with Crippen molar-refractivity contribution in [2.45, 2.75) is 6.10 Å². The van der Waals surface area contributed by atoms with Crippen LogP contribution in [0, 0.1) is 11.6 Å². The minimum absolute atomic E-state index is 0.0330. The molecule has 0 bridgehead atoms. The Bertz CT molecular complexity index is 861. The number of nitrogens with zero attached hydrogens (tertiary/aromatic N) is 1. The number of rotatable bonds is 5. The Labute approximate surface area is 141 Å². The summed E-state index contributed by atoms with van der Waals surface area (Å²) < 4.78 is 30.9. The SMILES string of the molecule is O=C(NCC(O)c1ccc(F)cc1)c1cc(-c2ccc(F)cc2)on1. The number of hydrogen-bond donors (Lipinski definition) is 2. The summed E-state index contributed by atoms with van der Waals surface area (Å²) in [6.45, 7) is -0.0663. The van der Waals surface area contributed by atoms with Crippen molar-refractivity contribution in [2.24, 2.45) is 0 Å². The summed E-state index contributed by atoms with van der Waals surface area (Å²) in [5, 5.41) is 16.2. The molecule has 1 unspecified atom stereocenters. The van der Waals surface area contributed by atoms with E-state index < -0.39 is 17.8 Å². The third-order valence-corrected chi connectivity index (χ3v) is 3.58. The molecule has 2 aromatic carbocycles. The van der Waals surface area contributed by atoms with E-state index in [2.05, 4.69) is 10.5 Å².